The van der Waals surface area contributed by atoms with Gasteiger partial charge in [-0.15, -0.1) is 0 Å². The molecule has 1 aliphatic heterocycles. The number of rotatable bonds is 24. The summed E-state index contributed by atoms with van der Waals surface area (Å²) in [5.74, 6) is 0.348. The lowest BCUT2D eigenvalue weighted by Gasteiger charge is -2.30. The number of hydrogen-bond donors (Lipinski definition) is 1. The van der Waals surface area contributed by atoms with Gasteiger partial charge < -0.3 is 10.2 Å². The monoisotopic (exact) mass is 479 g/mol. The minimum atomic E-state index is 0.348. The summed E-state index contributed by atoms with van der Waals surface area (Å²) < 4.78 is 0. The van der Waals surface area contributed by atoms with Gasteiger partial charge in [0.05, 0.1) is 6.54 Å². The molecule has 0 aromatic heterocycles. The van der Waals surface area contributed by atoms with E-state index in [1.54, 1.807) is 0 Å². The Bertz CT molecular complexity index is 413. The second kappa shape index (κ2) is 24.1. The molecule has 1 N–H and O–H groups in total. The van der Waals surface area contributed by atoms with Crippen molar-refractivity contribution in [1.29, 1.82) is 0 Å². The van der Waals surface area contributed by atoms with Gasteiger partial charge in [-0.1, -0.05) is 129 Å². The van der Waals surface area contributed by atoms with E-state index in [1.165, 1.54) is 128 Å². The van der Waals surface area contributed by atoms with Gasteiger partial charge in [0.2, 0.25) is 5.91 Å². The topological polar surface area (TPSA) is 35.6 Å². The number of carbonyl (C=O) groups is 1. The number of piperazine rings is 1. The summed E-state index contributed by atoms with van der Waals surface area (Å²) in [6.07, 6.45) is 27.5. The van der Waals surface area contributed by atoms with Gasteiger partial charge in [-0.2, -0.15) is 0 Å². The van der Waals surface area contributed by atoms with Crippen molar-refractivity contribution in [3.05, 3.63) is 0 Å². The molecule has 1 aliphatic rings. The SMILES string of the molecule is CCCCCCCCCCCCN(CCCCCCCCCCCC)CC(=O)N1CCNCC1. The zero-order valence-corrected chi connectivity index (χ0v) is 23.4. The standard InChI is InChI=1S/C30H61N3O/c1-3-5-7-9-11-13-15-17-19-21-25-32(29-30(34)33-27-23-31-24-28-33)26-22-20-18-16-14-12-10-8-6-4-2/h31H,3-29H2,1-2H3. The third kappa shape index (κ3) is 18.7. The number of hydrogen-bond acceptors (Lipinski definition) is 3. The number of carbonyl (C=O) groups excluding carboxylic acids is 1. The second-order valence-electron chi connectivity index (χ2n) is 10.8. The highest BCUT2D eigenvalue weighted by Gasteiger charge is 2.18. The van der Waals surface area contributed by atoms with E-state index in [4.69, 9.17) is 0 Å². The van der Waals surface area contributed by atoms with Crippen LogP contribution in [0.2, 0.25) is 0 Å². The van der Waals surface area contributed by atoms with Crippen LogP contribution in [0.5, 0.6) is 0 Å². The normalized spacial score (nSPS) is 14.3. The minimum absolute atomic E-state index is 0.348. The molecule has 202 valence electrons. The van der Waals surface area contributed by atoms with E-state index >= 15 is 0 Å². The average Bonchev–Trinajstić information content (AvgIpc) is 2.86. The molecule has 1 fully saturated rings. The van der Waals surface area contributed by atoms with Gasteiger partial charge in [0.1, 0.15) is 0 Å². The lowest BCUT2D eigenvalue weighted by Crippen LogP contribution is -2.49. The van der Waals surface area contributed by atoms with Crippen molar-refractivity contribution in [2.24, 2.45) is 0 Å². The molecular weight excluding hydrogens is 418 g/mol. The maximum atomic E-state index is 12.8. The molecule has 0 aromatic rings. The number of amides is 1. The molecule has 0 saturated carbocycles. The fraction of sp³-hybridized carbons (Fsp3) is 0.967. The first-order valence-electron chi connectivity index (χ1n) is 15.5. The molecular formula is C30H61N3O. The fourth-order valence-electron chi connectivity index (χ4n) is 5.12. The summed E-state index contributed by atoms with van der Waals surface area (Å²) in [5, 5.41) is 3.36. The van der Waals surface area contributed by atoms with Crippen molar-refractivity contribution in [3.63, 3.8) is 0 Å². The Kier molecular flexibility index (Phi) is 22.3. The van der Waals surface area contributed by atoms with Crippen LogP contribution in [-0.2, 0) is 4.79 Å². The van der Waals surface area contributed by atoms with Crippen LogP contribution in [0.4, 0.5) is 0 Å². The quantitative estimate of drug-likeness (QED) is 0.145. The van der Waals surface area contributed by atoms with Gasteiger partial charge >= 0.3 is 0 Å². The fourth-order valence-corrected chi connectivity index (χ4v) is 5.12. The van der Waals surface area contributed by atoms with E-state index in [0.29, 0.717) is 12.5 Å². The van der Waals surface area contributed by atoms with Crippen LogP contribution in [-0.4, -0.2) is 61.5 Å². The summed E-state index contributed by atoms with van der Waals surface area (Å²) in [6, 6.07) is 0. The molecule has 1 amide bonds. The van der Waals surface area contributed by atoms with Gasteiger partial charge in [0.15, 0.2) is 0 Å². The number of nitrogens with zero attached hydrogens (tertiary/aromatic N) is 2. The van der Waals surface area contributed by atoms with Crippen LogP contribution in [0, 0.1) is 0 Å². The summed E-state index contributed by atoms with van der Waals surface area (Å²) in [6.45, 7) is 11.1. The van der Waals surface area contributed by atoms with Crippen LogP contribution < -0.4 is 5.32 Å². The highest BCUT2D eigenvalue weighted by Crippen LogP contribution is 2.13. The molecule has 4 heteroatoms. The van der Waals surface area contributed by atoms with E-state index in [0.717, 1.165) is 39.3 Å². The van der Waals surface area contributed by atoms with Crippen molar-refractivity contribution in [1.82, 2.24) is 15.1 Å². The lowest BCUT2D eigenvalue weighted by molar-refractivity contribution is -0.133. The maximum absolute atomic E-state index is 12.8. The number of nitrogens with one attached hydrogen (secondary N) is 1. The maximum Gasteiger partial charge on any atom is 0.236 e. The molecule has 34 heavy (non-hydrogen) atoms. The first-order chi connectivity index (χ1) is 16.8. The van der Waals surface area contributed by atoms with E-state index in [2.05, 4.69) is 29.0 Å². The zero-order chi connectivity index (χ0) is 24.5. The van der Waals surface area contributed by atoms with Crippen LogP contribution in [0.25, 0.3) is 0 Å². The smallest absolute Gasteiger partial charge is 0.236 e. The van der Waals surface area contributed by atoms with Crippen molar-refractivity contribution < 1.29 is 4.79 Å². The Morgan fingerprint density at radius 3 is 1.32 bits per heavy atom. The van der Waals surface area contributed by atoms with Crippen molar-refractivity contribution in [3.8, 4) is 0 Å². The Hall–Kier alpha value is -0.610. The molecule has 1 heterocycles. The largest absolute Gasteiger partial charge is 0.339 e. The molecule has 0 bridgehead atoms. The molecule has 1 rings (SSSR count). The Morgan fingerprint density at radius 1 is 0.588 bits per heavy atom. The average molecular weight is 480 g/mol. The Balaban J connectivity index is 2.17. The van der Waals surface area contributed by atoms with E-state index in [-0.39, 0.29) is 0 Å². The predicted octanol–water partition coefficient (Wildman–Crippen LogP) is 7.56. The van der Waals surface area contributed by atoms with E-state index in [1.807, 2.05) is 0 Å². The van der Waals surface area contributed by atoms with Crippen molar-refractivity contribution in [2.75, 3.05) is 45.8 Å². The second-order valence-corrected chi connectivity index (χ2v) is 10.8. The third-order valence-electron chi connectivity index (χ3n) is 7.48. The summed E-state index contributed by atoms with van der Waals surface area (Å²) in [7, 11) is 0. The van der Waals surface area contributed by atoms with Crippen molar-refractivity contribution in [2.45, 2.75) is 142 Å². The van der Waals surface area contributed by atoms with Crippen LogP contribution in [0.1, 0.15) is 142 Å². The van der Waals surface area contributed by atoms with E-state index < -0.39 is 0 Å². The molecule has 4 nitrogen and oxygen atoms in total. The van der Waals surface area contributed by atoms with Gasteiger partial charge in [-0.05, 0) is 25.9 Å². The lowest BCUT2D eigenvalue weighted by atomic mass is 10.1. The van der Waals surface area contributed by atoms with Crippen LogP contribution in [0.3, 0.4) is 0 Å². The molecule has 0 atom stereocenters. The first-order valence-corrected chi connectivity index (χ1v) is 15.5. The van der Waals surface area contributed by atoms with Gasteiger partial charge in [0.25, 0.3) is 0 Å². The molecule has 0 aromatic carbocycles. The first kappa shape index (κ1) is 31.4. The summed E-state index contributed by atoms with van der Waals surface area (Å²) in [4.78, 5) is 17.4. The van der Waals surface area contributed by atoms with Gasteiger partial charge in [-0.25, -0.2) is 0 Å². The summed E-state index contributed by atoms with van der Waals surface area (Å²) >= 11 is 0. The van der Waals surface area contributed by atoms with Crippen molar-refractivity contribution >= 4 is 5.91 Å². The van der Waals surface area contributed by atoms with Crippen LogP contribution in [0.15, 0.2) is 0 Å². The van der Waals surface area contributed by atoms with E-state index in [9.17, 15) is 4.79 Å². The van der Waals surface area contributed by atoms with Gasteiger partial charge in [0, 0.05) is 26.2 Å². The Morgan fingerprint density at radius 2 is 0.941 bits per heavy atom. The highest BCUT2D eigenvalue weighted by molar-refractivity contribution is 5.78. The zero-order valence-electron chi connectivity index (χ0n) is 23.4. The molecule has 0 aliphatic carbocycles. The van der Waals surface area contributed by atoms with Crippen LogP contribution >= 0.6 is 0 Å². The molecule has 1 saturated heterocycles. The number of unbranched alkanes of at least 4 members (excludes halogenated alkanes) is 18. The molecule has 0 radical (unpaired) electrons. The summed E-state index contributed by atoms with van der Waals surface area (Å²) in [5.41, 5.74) is 0. The third-order valence-corrected chi connectivity index (χ3v) is 7.48. The Labute approximate surface area is 214 Å². The molecule has 0 unspecified atom stereocenters. The molecule has 0 spiro atoms. The predicted molar refractivity (Wildman–Crippen MR) is 150 cm³/mol. The highest BCUT2D eigenvalue weighted by atomic mass is 16.2. The minimum Gasteiger partial charge on any atom is -0.339 e. The van der Waals surface area contributed by atoms with Gasteiger partial charge in [-0.3, -0.25) is 9.69 Å².